The molecule has 0 fully saturated rings. The minimum absolute atomic E-state index is 0.0424. The molecule has 20 heavy (non-hydrogen) atoms. The van der Waals surface area contributed by atoms with Gasteiger partial charge < -0.3 is 10.1 Å². The SMILES string of the molecule is Cc1ncc(S(=O)(=O)NC(C)CCCC(C)C(=O)O)[nH]1. The van der Waals surface area contributed by atoms with E-state index in [4.69, 9.17) is 5.11 Å². The van der Waals surface area contributed by atoms with Crippen molar-refractivity contribution >= 4 is 16.0 Å². The van der Waals surface area contributed by atoms with Crippen LogP contribution in [0.2, 0.25) is 0 Å². The molecule has 0 amide bonds. The first-order valence-corrected chi connectivity index (χ1v) is 7.97. The molecule has 1 heterocycles. The Hall–Kier alpha value is -1.41. The molecule has 0 saturated heterocycles. The van der Waals surface area contributed by atoms with Gasteiger partial charge in [-0.15, -0.1) is 0 Å². The molecule has 0 bridgehead atoms. The summed E-state index contributed by atoms with van der Waals surface area (Å²) in [7, 11) is -3.59. The van der Waals surface area contributed by atoms with E-state index in [9.17, 15) is 13.2 Å². The number of imidazole rings is 1. The number of aryl methyl sites for hydroxylation is 1. The van der Waals surface area contributed by atoms with Gasteiger partial charge in [0.1, 0.15) is 5.82 Å². The molecule has 8 heteroatoms. The van der Waals surface area contributed by atoms with E-state index in [1.54, 1.807) is 20.8 Å². The highest BCUT2D eigenvalue weighted by atomic mass is 32.2. The number of aliphatic carboxylic acids is 1. The van der Waals surface area contributed by atoms with Gasteiger partial charge in [-0.05, 0) is 26.7 Å². The van der Waals surface area contributed by atoms with E-state index in [0.717, 1.165) is 0 Å². The maximum absolute atomic E-state index is 12.0. The van der Waals surface area contributed by atoms with Gasteiger partial charge in [0, 0.05) is 6.04 Å². The molecule has 7 nitrogen and oxygen atoms in total. The van der Waals surface area contributed by atoms with Gasteiger partial charge in [0.05, 0.1) is 12.1 Å². The number of carboxylic acid groups (broad SMARTS) is 1. The highest BCUT2D eigenvalue weighted by molar-refractivity contribution is 7.89. The van der Waals surface area contributed by atoms with Crippen LogP contribution < -0.4 is 4.72 Å². The van der Waals surface area contributed by atoms with Crippen molar-refractivity contribution in [2.24, 2.45) is 5.92 Å². The van der Waals surface area contributed by atoms with E-state index in [2.05, 4.69) is 14.7 Å². The Kier molecular flexibility index (Phi) is 5.70. The maximum atomic E-state index is 12.0. The van der Waals surface area contributed by atoms with Crippen molar-refractivity contribution in [3.8, 4) is 0 Å². The number of carboxylic acids is 1. The van der Waals surface area contributed by atoms with Crippen LogP contribution in [-0.2, 0) is 14.8 Å². The summed E-state index contributed by atoms with van der Waals surface area (Å²) in [6.07, 6.45) is 3.05. The van der Waals surface area contributed by atoms with Crippen LogP contribution in [0.4, 0.5) is 0 Å². The van der Waals surface area contributed by atoms with E-state index in [1.165, 1.54) is 6.20 Å². The Labute approximate surface area is 118 Å². The number of nitrogens with one attached hydrogen (secondary N) is 2. The standard InChI is InChI=1S/C12H21N3O4S/c1-8(12(16)17)5-4-6-9(2)15-20(18,19)11-7-13-10(3)14-11/h7-9,15H,4-6H2,1-3H3,(H,13,14)(H,16,17). The van der Waals surface area contributed by atoms with Gasteiger partial charge in [-0.25, -0.2) is 18.1 Å². The smallest absolute Gasteiger partial charge is 0.306 e. The van der Waals surface area contributed by atoms with Gasteiger partial charge in [0.2, 0.25) is 0 Å². The van der Waals surface area contributed by atoms with Crippen molar-refractivity contribution in [3.05, 3.63) is 12.0 Å². The zero-order valence-corrected chi connectivity index (χ0v) is 12.7. The van der Waals surface area contributed by atoms with E-state index < -0.39 is 21.9 Å². The Balaban J connectivity index is 2.46. The van der Waals surface area contributed by atoms with Crippen LogP contribution in [0.15, 0.2) is 11.2 Å². The quantitative estimate of drug-likeness (QED) is 0.669. The third-order valence-corrected chi connectivity index (χ3v) is 4.52. The second-order valence-electron chi connectivity index (χ2n) is 5.03. The molecule has 1 aromatic rings. The van der Waals surface area contributed by atoms with E-state index in [1.807, 2.05) is 0 Å². The summed E-state index contributed by atoms with van der Waals surface area (Å²) in [6, 6.07) is -0.260. The van der Waals surface area contributed by atoms with Crippen molar-refractivity contribution < 1.29 is 18.3 Å². The highest BCUT2D eigenvalue weighted by Gasteiger charge is 2.19. The van der Waals surface area contributed by atoms with Crippen LogP contribution in [0.1, 0.15) is 38.9 Å². The number of nitrogens with zero attached hydrogens (tertiary/aromatic N) is 1. The molecule has 0 radical (unpaired) electrons. The molecule has 2 unspecified atom stereocenters. The summed E-state index contributed by atoms with van der Waals surface area (Å²) in [5.41, 5.74) is 0. The fourth-order valence-electron chi connectivity index (χ4n) is 1.78. The summed E-state index contributed by atoms with van der Waals surface area (Å²) in [5, 5.41) is 8.80. The number of hydrogen-bond donors (Lipinski definition) is 3. The molecular formula is C12H21N3O4S. The molecule has 0 aliphatic heterocycles. The second-order valence-corrected chi connectivity index (χ2v) is 6.71. The van der Waals surface area contributed by atoms with Crippen molar-refractivity contribution in [1.29, 1.82) is 0 Å². The molecule has 0 aliphatic rings. The molecule has 0 saturated carbocycles. The molecule has 1 aromatic heterocycles. The largest absolute Gasteiger partial charge is 0.481 e. The fourth-order valence-corrected chi connectivity index (χ4v) is 3.02. The van der Waals surface area contributed by atoms with Crippen molar-refractivity contribution in [3.63, 3.8) is 0 Å². The number of carbonyl (C=O) groups is 1. The lowest BCUT2D eigenvalue weighted by Crippen LogP contribution is -2.32. The van der Waals surface area contributed by atoms with Gasteiger partial charge in [0.15, 0.2) is 5.03 Å². The van der Waals surface area contributed by atoms with Gasteiger partial charge in [-0.1, -0.05) is 13.3 Å². The van der Waals surface area contributed by atoms with Crippen molar-refractivity contribution in [1.82, 2.24) is 14.7 Å². The molecule has 0 aliphatic carbocycles. The number of aromatic amines is 1. The maximum Gasteiger partial charge on any atom is 0.306 e. The van der Waals surface area contributed by atoms with Crippen LogP contribution in [0.5, 0.6) is 0 Å². The third kappa shape index (κ3) is 4.93. The highest BCUT2D eigenvalue weighted by Crippen LogP contribution is 2.12. The zero-order valence-electron chi connectivity index (χ0n) is 11.9. The van der Waals surface area contributed by atoms with E-state index >= 15 is 0 Å². The summed E-state index contributed by atoms with van der Waals surface area (Å²) in [6.45, 7) is 5.08. The number of rotatable bonds is 8. The lowest BCUT2D eigenvalue weighted by molar-refractivity contribution is -0.141. The predicted octanol–water partition coefficient (Wildman–Crippen LogP) is 1.28. The molecule has 3 N–H and O–H groups in total. The summed E-state index contributed by atoms with van der Waals surface area (Å²) in [5.74, 6) is -0.700. The van der Waals surface area contributed by atoms with Gasteiger partial charge >= 0.3 is 5.97 Å². The van der Waals surface area contributed by atoms with Crippen LogP contribution in [0.25, 0.3) is 0 Å². The summed E-state index contributed by atoms with van der Waals surface area (Å²) >= 11 is 0. The van der Waals surface area contributed by atoms with E-state index in [-0.39, 0.29) is 11.1 Å². The lowest BCUT2D eigenvalue weighted by atomic mass is 10.0. The monoisotopic (exact) mass is 303 g/mol. The lowest BCUT2D eigenvalue weighted by Gasteiger charge is -2.14. The molecule has 0 aromatic carbocycles. The fraction of sp³-hybridized carbons (Fsp3) is 0.667. The normalized spacial score (nSPS) is 14.9. The zero-order chi connectivity index (χ0) is 15.3. The van der Waals surface area contributed by atoms with Crippen molar-refractivity contribution in [2.45, 2.75) is 51.1 Å². The topological polar surface area (TPSA) is 112 Å². The Morgan fingerprint density at radius 2 is 2.10 bits per heavy atom. The average molecular weight is 303 g/mol. The summed E-state index contributed by atoms with van der Waals surface area (Å²) in [4.78, 5) is 17.2. The van der Waals surface area contributed by atoms with Crippen LogP contribution >= 0.6 is 0 Å². The Morgan fingerprint density at radius 1 is 1.45 bits per heavy atom. The number of sulfonamides is 1. The van der Waals surface area contributed by atoms with Gasteiger partial charge in [0.25, 0.3) is 10.0 Å². The molecule has 2 atom stereocenters. The number of hydrogen-bond acceptors (Lipinski definition) is 4. The van der Waals surface area contributed by atoms with Crippen LogP contribution in [0.3, 0.4) is 0 Å². The molecule has 0 spiro atoms. The first-order chi connectivity index (χ1) is 9.22. The third-order valence-electron chi connectivity index (χ3n) is 3.02. The minimum Gasteiger partial charge on any atom is -0.481 e. The van der Waals surface area contributed by atoms with Gasteiger partial charge in [-0.2, -0.15) is 0 Å². The Morgan fingerprint density at radius 3 is 2.60 bits per heavy atom. The summed E-state index contributed by atoms with van der Waals surface area (Å²) < 4.78 is 26.5. The molecule has 1 rings (SSSR count). The van der Waals surface area contributed by atoms with Crippen molar-refractivity contribution in [2.75, 3.05) is 0 Å². The Bertz CT molecular complexity index is 553. The average Bonchev–Trinajstić information content (AvgIpc) is 2.75. The van der Waals surface area contributed by atoms with Crippen LogP contribution in [-0.4, -0.2) is 35.5 Å². The first-order valence-electron chi connectivity index (χ1n) is 6.49. The second kappa shape index (κ2) is 6.85. The number of H-pyrrole nitrogens is 1. The number of aromatic nitrogens is 2. The van der Waals surface area contributed by atoms with Crippen LogP contribution in [0, 0.1) is 12.8 Å². The first kappa shape index (κ1) is 16.6. The molecule has 114 valence electrons. The minimum atomic E-state index is -3.59. The van der Waals surface area contributed by atoms with E-state index in [0.29, 0.717) is 25.1 Å². The predicted molar refractivity (Wildman–Crippen MR) is 73.8 cm³/mol. The molecular weight excluding hydrogens is 282 g/mol. The van der Waals surface area contributed by atoms with Gasteiger partial charge in [-0.3, -0.25) is 4.79 Å².